The normalized spacial score (nSPS) is 12.6. The van der Waals surface area contributed by atoms with Gasteiger partial charge in [-0.15, -0.1) is 0 Å². The summed E-state index contributed by atoms with van der Waals surface area (Å²) in [5.41, 5.74) is 9.81. The minimum atomic E-state index is -3.29. The van der Waals surface area contributed by atoms with Crippen LogP contribution in [0.25, 0.3) is 0 Å². The summed E-state index contributed by atoms with van der Waals surface area (Å²) in [7, 11) is -6.59. The number of hydrogen-bond donors (Lipinski definition) is 3. The molecule has 4 rings (SSSR count). The number of benzene rings is 3. The van der Waals surface area contributed by atoms with E-state index in [1.165, 1.54) is 5.56 Å². The average Bonchev–Trinajstić information content (AvgIpc) is 2.98. The molecule has 0 saturated heterocycles. The average molecular weight is 620 g/mol. The van der Waals surface area contributed by atoms with Crippen LogP contribution in [0.4, 0.5) is 17.6 Å². The third-order valence-corrected chi connectivity index (χ3v) is 8.60. The summed E-state index contributed by atoms with van der Waals surface area (Å²) in [5, 5.41) is 12.1. The Balaban J connectivity index is 1.54. The lowest BCUT2D eigenvalue weighted by Gasteiger charge is -2.11. The molecule has 0 aliphatic heterocycles. The SMILES string of the molecule is CC(=NNc1cc(NN=C(C)c2ccc(S(C)(=O)=O)cc2)nc(NCCc2ccccc2)n1)c1ccc(S(C)(=O)=O)cc1. The molecule has 0 atom stereocenters. The predicted molar refractivity (Wildman–Crippen MR) is 171 cm³/mol. The van der Waals surface area contributed by atoms with Crippen molar-refractivity contribution in [2.24, 2.45) is 10.2 Å². The molecular formula is C30H33N7O4S2. The second-order valence-corrected chi connectivity index (χ2v) is 13.9. The van der Waals surface area contributed by atoms with Gasteiger partial charge in [-0.3, -0.25) is 10.9 Å². The summed E-state index contributed by atoms with van der Waals surface area (Å²) in [4.78, 5) is 9.53. The second kappa shape index (κ2) is 13.6. The first kappa shape index (κ1) is 31.3. The summed E-state index contributed by atoms with van der Waals surface area (Å²) < 4.78 is 47.1. The molecule has 3 N–H and O–H groups in total. The molecule has 0 spiro atoms. The molecule has 13 heteroatoms. The number of anilines is 3. The Bertz CT molecular complexity index is 1730. The maximum absolute atomic E-state index is 11.8. The standard InChI is InChI=1S/C30H33N7O4S2/c1-21(24-10-14-26(15-11-24)42(3,38)39)34-36-28-20-29(33-30(32-28)31-19-18-23-8-6-5-7-9-23)37-35-22(2)25-12-16-27(17-13-25)43(4,40)41/h5-17,20H,18-19H2,1-4H3,(H3,31,32,33,36,37). The minimum Gasteiger partial charge on any atom is -0.354 e. The highest BCUT2D eigenvalue weighted by molar-refractivity contribution is 7.91. The third-order valence-electron chi connectivity index (χ3n) is 6.34. The smallest absolute Gasteiger partial charge is 0.226 e. The van der Waals surface area contributed by atoms with Crippen LogP contribution >= 0.6 is 0 Å². The van der Waals surface area contributed by atoms with Gasteiger partial charge in [0.25, 0.3) is 0 Å². The first-order valence-corrected chi connectivity index (χ1v) is 17.1. The molecule has 1 heterocycles. The quantitative estimate of drug-likeness (QED) is 0.152. The lowest BCUT2D eigenvalue weighted by atomic mass is 10.1. The van der Waals surface area contributed by atoms with E-state index in [4.69, 9.17) is 0 Å². The zero-order valence-electron chi connectivity index (χ0n) is 24.2. The number of sulfone groups is 2. The van der Waals surface area contributed by atoms with Crippen molar-refractivity contribution in [3.8, 4) is 0 Å². The number of hydrazone groups is 2. The van der Waals surface area contributed by atoms with Gasteiger partial charge in [-0.25, -0.2) is 16.8 Å². The molecule has 0 saturated carbocycles. The summed E-state index contributed by atoms with van der Waals surface area (Å²) >= 11 is 0. The van der Waals surface area contributed by atoms with Crippen LogP contribution in [0, 0.1) is 0 Å². The van der Waals surface area contributed by atoms with Crippen molar-refractivity contribution >= 4 is 48.7 Å². The van der Waals surface area contributed by atoms with E-state index in [1.807, 2.05) is 30.3 Å². The van der Waals surface area contributed by atoms with Crippen LogP contribution in [-0.2, 0) is 26.1 Å². The molecular weight excluding hydrogens is 587 g/mol. The van der Waals surface area contributed by atoms with Gasteiger partial charge in [0.15, 0.2) is 31.3 Å². The zero-order chi connectivity index (χ0) is 31.0. The van der Waals surface area contributed by atoms with Gasteiger partial charge in [-0.05, 0) is 61.2 Å². The molecule has 1 aromatic heterocycles. The van der Waals surface area contributed by atoms with E-state index in [2.05, 4.69) is 36.3 Å². The topological polar surface area (TPSA) is 155 Å². The summed E-state index contributed by atoms with van der Waals surface area (Å²) in [6.07, 6.45) is 3.10. The number of hydrogen-bond acceptors (Lipinski definition) is 11. The van der Waals surface area contributed by atoms with Gasteiger partial charge in [0.1, 0.15) is 0 Å². The molecule has 0 fully saturated rings. The van der Waals surface area contributed by atoms with E-state index in [0.717, 1.165) is 30.1 Å². The zero-order valence-corrected chi connectivity index (χ0v) is 25.9. The lowest BCUT2D eigenvalue weighted by Crippen LogP contribution is -2.11. The molecule has 3 aromatic carbocycles. The summed E-state index contributed by atoms with van der Waals surface area (Å²) in [6, 6.07) is 24.6. The summed E-state index contributed by atoms with van der Waals surface area (Å²) in [5.74, 6) is 1.16. The largest absolute Gasteiger partial charge is 0.354 e. The number of rotatable bonds is 12. The molecule has 0 aliphatic carbocycles. The molecule has 0 bridgehead atoms. The molecule has 0 aliphatic rings. The lowest BCUT2D eigenvalue weighted by molar-refractivity contribution is 0.600. The summed E-state index contributed by atoms with van der Waals surface area (Å²) in [6.45, 7) is 4.19. The Morgan fingerprint density at radius 1 is 0.674 bits per heavy atom. The van der Waals surface area contributed by atoms with Crippen LogP contribution in [0.15, 0.2) is 105 Å². The van der Waals surface area contributed by atoms with Crippen LogP contribution in [0.5, 0.6) is 0 Å². The van der Waals surface area contributed by atoms with Crippen molar-refractivity contribution < 1.29 is 16.8 Å². The van der Waals surface area contributed by atoms with Gasteiger partial charge >= 0.3 is 0 Å². The van der Waals surface area contributed by atoms with Crippen molar-refractivity contribution in [1.82, 2.24) is 9.97 Å². The Kier molecular flexibility index (Phi) is 9.88. The molecule has 224 valence electrons. The van der Waals surface area contributed by atoms with Crippen molar-refractivity contribution in [2.45, 2.75) is 30.1 Å². The van der Waals surface area contributed by atoms with Crippen molar-refractivity contribution in [2.75, 3.05) is 35.2 Å². The maximum Gasteiger partial charge on any atom is 0.226 e. The van der Waals surface area contributed by atoms with Gasteiger partial charge < -0.3 is 5.32 Å². The molecule has 0 unspecified atom stereocenters. The van der Waals surface area contributed by atoms with Gasteiger partial charge in [0, 0.05) is 25.1 Å². The molecule has 4 aromatic rings. The van der Waals surface area contributed by atoms with E-state index >= 15 is 0 Å². The van der Waals surface area contributed by atoms with Gasteiger partial charge in [0.05, 0.1) is 21.2 Å². The van der Waals surface area contributed by atoms with Crippen molar-refractivity contribution in [1.29, 1.82) is 0 Å². The van der Waals surface area contributed by atoms with E-state index in [1.54, 1.807) is 68.4 Å². The van der Waals surface area contributed by atoms with Crippen LogP contribution < -0.4 is 16.2 Å². The monoisotopic (exact) mass is 619 g/mol. The highest BCUT2D eigenvalue weighted by atomic mass is 32.2. The van der Waals surface area contributed by atoms with Crippen LogP contribution in [0.2, 0.25) is 0 Å². The van der Waals surface area contributed by atoms with Crippen molar-refractivity contribution in [3.63, 3.8) is 0 Å². The maximum atomic E-state index is 11.8. The minimum absolute atomic E-state index is 0.233. The highest BCUT2D eigenvalue weighted by Crippen LogP contribution is 2.17. The fraction of sp³-hybridized carbons (Fsp3) is 0.200. The number of nitrogens with one attached hydrogen (secondary N) is 3. The van der Waals surface area contributed by atoms with Crippen LogP contribution in [-0.4, -0.2) is 57.3 Å². The molecule has 43 heavy (non-hydrogen) atoms. The Morgan fingerprint density at radius 3 is 1.53 bits per heavy atom. The molecule has 0 radical (unpaired) electrons. The fourth-order valence-electron chi connectivity index (χ4n) is 3.90. The van der Waals surface area contributed by atoms with Crippen molar-refractivity contribution in [3.05, 3.63) is 102 Å². The molecule has 0 amide bonds. The van der Waals surface area contributed by atoms with Gasteiger partial charge in [-0.1, -0.05) is 54.6 Å². The Morgan fingerprint density at radius 2 is 1.12 bits per heavy atom. The third kappa shape index (κ3) is 9.18. The molecule has 11 nitrogen and oxygen atoms in total. The fourth-order valence-corrected chi connectivity index (χ4v) is 5.16. The van der Waals surface area contributed by atoms with Gasteiger partial charge in [-0.2, -0.15) is 20.2 Å². The Labute approximate surface area is 252 Å². The highest BCUT2D eigenvalue weighted by Gasteiger charge is 2.10. The van der Waals surface area contributed by atoms with E-state index < -0.39 is 19.7 Å². The van der Waals surface area contributed by atoms with Crippen LogP contribution in [0.3, 0.4) is 0 Å². The van der Waals surface area contributed by atoms with E-state index in [0.29, 0.717) is 35.6 Å². The van der Waals surface area contributed by atoms with E-state index in [9.17, 15) is 16.8 Å². The number of aromatic nitrogens is 2. The van der Waals surface area contributed by atoms with E-state index in [-0.39, 0.29) is 9.79 Å². The van der Waals surface area contributed by atoms with Crippen LogP contribution in [0.1, 0.15) is 30.5 Å². The first-order chi connectivity index (χ1) is 20.4. The Hall–Kier alpha value is -4.62. The first-order valence-electron chi connectivity index (χ1n) is 13.3. The second-order valence-electron chi connectivity index (χ2n) is 9.84. The predicted octanol–water partition coefficient (Wildman–Crippen LogP) is 4.61. The number of nitrogens with zero attached hydrogens (tertiary/aromatic N) is 4. The van der Waals surface area contributed by atoms with Gasteiger partial charge in [0.2, 0.25) is 5.95 Å².